The van der Waals surface area contributed by atoms with Crippen LogP contribution in [0.4, 0.5) is 0 Å². The van der Waals surface area contributed by atoms with E-state index in [1.54, 1.807) is 0 Å². The lowest BCUT2D eigenvalue weighted by Crippen LogP contribution is -2.63. The van der Waals surface area contributed by atoms with Crippen molar-refractivity contribution in [3.8, 4) is 0 Å². The highest BCUT2D eigenvalue weighted by atomic mass is 16.7. The summed E-state index contributed by atoms with van der Waals surface area (Å²) in [7, 11) is -0.308. The highest BCUT2D eigenvalue weighted by Crippen LogP contribution is 2.64. The number of hydrogen-bond donors (Lipinski definition) is 2. The van der Waals surface area contributed by atoms with Crippen molar-refractivity contribution in [1.29, 1.82) is 0 Å². The van der Waals surface area contributed by atoms with Crippen LogP contribution in [-0.4, -0.2) is 54.7 Å². The van der Waals surface area contributed by atoms with Crippen LogP contribution < -0.4 is 11.5 Å². The molecule has 2 aliphatic heterocycles. The SMILES string of the molecule is CC1(C)[C@@H]2C[C@H]1[C@H]1OB([C@@H]3CCCN3C(=O)[C@@H](N)CCCCN)O[C@@]1(C)C2. The standard InChI is InChI=1S/C20H36BN3O3/c1-19(2)13-11-14(19)17-20(3,12-13)27-21(26-17)16-8-6-10-24(16)18(25)15(23)7-4-5-9-22/h13-17H,4-12,22-23H2,1-3H3/t13-,14+,15+,16+,17-,20+/m1/s1. The number of rotatable bonds is 6. The summed E-state index contributed by atoms with van der Waals surface area (Å²) >= 11 is 0. The third-order valence-corrected chi connectivity index (χ3v) is 8.01. The molecule has 6 nitrogen and oxygen atoms in total. The molecule has 5 rings (SSSR count). The van der Waals surface area contributed by atoms with Crippen molar-refractivity contribution < 1.29 is 14.1 Å². The molecule has 2 saturated heterocycles. The van der Waals surface area contributed by atoms with Crippen LogP contribution in [0, 0.1) is 17.3 Å². The molecule has 0 spiro atoms. The molecule has 3 aliphatic carbocycles. The van der Waals surface area contributed by atoms with Gasteiger partial charge in [-0.25, -0.2) is 0 Å². The second-order valence-corrected chi connectivity index (χ2v) is 10.1. The summed E-state index contributed by atoms with van der Waals surface area (Å²) in [6.07, 6.45) is 6.91. The number of hydrogen-bond acceptors (Lipinski definition) is 5. The van der Waals surface area contributed by atoms with Gasteiger partial charge in [-0.1, -0.05) is 20.3 Å². The molecule has 1 amide bonds. The van der Waals surface area contributed by atoms with Crippen LogP contribution in [0.1, 0.15) is 65.7 Å². The Labute approximate surface area is 163 Å². The van der Waals surface area contributed by atoms with Gasteiger partial charge in [0, 0.05) is 6.54 Å². The second kappa shape index (κ2) is 7.01. The van der Waals surface area contributed by atoms with Gasteiger partial charge in [0.05, 0.1) is 23.7 Å². The van der Waals surface area contributed by atoms with Gasteiger partial charge >= 0.3 is 7.12 Å². The number of nitrogens with zero attached hydrogens (tertiary/aromatic N) is 1. The molecular formula is C20H36BN3O3. The first-order chi connectivity index (χ1) is 12.8. The van der Waals surface area contributed by atoms with Crippen LogP contribution in [0.25, 0.3) is 0 Å². The van der Waals surface area contributed by atoms with Crippen LogP contribution in [0.15, 0.2) is 0 Å². The first-order valence-electron chi connectivity index (χ1n) is 10.9. The van der Waals surface area contributed by atoms with Crippen LogP contribution in [0.5, 0.6) is 0 Å². The van der Waals surface area contributed by atoms with E-state index in [1.807, 2.05) is 4.90 Å². The van der Waals surface area contributed by atoms with E-state index in [-0.39, 0.29) is 30.7 Å². The minimum Gasteiger partial charge on any atom is -0.404 e. The van der Waals surface area contributed by atoms with Crippen molar-refractivity contribution >= 4 is 13.0 Å². The van der Waals surface area contributed by atoms with E-state index in [2.05, 4.69) is 20.8 Å². The molecular weight excluding hydrogens is 341 g/mol. The van der Waals surface area contributed by atoms with Crippen LogP contribution in [-0.2, 0) is 14.1 Å². The van der Waals surface area contributed by atoms with Gasteiger partial charge < -0.3 is 25.7 Å². The Kier molecular flexibility index (Phi) is 5.11. The quantitative estimate of drug-likeness (QED) is 0.543. The summed E-state index contributed by atoms with van der Waals surface area (Å²) in [6.45, 7) is 8.36. The molecule has 3 saturated carbocycles. The lowest BCUT2D eigenvalue weighted by atomic mass is 9.45. The van der Waals surface area contributed by atoms with Gasteiger partial charge in [-0.05, 0) is 69.2 Å². The van der Waals surface area contributed by atoms with E-state index in [0.29, 0.717) is 24.3 Å². The van der Waals surface area contributed by atoms with Crippen molar-refractivity contribution in [2.24, 2.45) is 28.7 Å². The lowest BCUT2D eigenvalue weighted by Gasteiger charge is -2.63. The van der Waals surface area contributed by atoms with Gasteiger partial charge in [-0.3, -0.25) is 4.79 Å². The first kappa shape index (κ1) is 19.7. The van der Waals surface area contributed by atoms with E-state index in [9.17, 15) is 4.79 Å². The van der Waals surface area contributed by atoms with E-state index in [4.69, 9.17) is 20.8 Å². The van der Waals surface area contributed by atoms with E-state index in [1.165, 1.54) is 6.42 Å². The molecule has 0 radical (unpaired) electrons. The molecule has 5 fully saturated rings. The molecule has 0 aromatic heterocycles. The van der Waals surface area contributed by atoms with E-state index < -0.39 is 6.04 Å². The minimum atomic E-state index is -0.442. The molecule has 0 aromatic carbocycles. The molecule has 6 atom stereocenters. The normalized spacial score (nSPS) is 40.6. The number of nitrogens with two attached hydrogens (primary N) is 2. The van der Waals surface area contributed by atoms with Crippen molar-refractivity contribution in [2.75, 3.05) is 13.1 Å². The highest BCUT2D eigenvalue weighted by molar-refractivity contribution is 6.48. The Morgan fingerprint density at radius 1 is 1.33 bits per heavy atom. The van der Waals surface area contributed by atoms with Crippen LogP contribution >= 0.6 is 0 Å². The number of amides is 1. The number of carbonyl (C=O) groups excluding carboxylic acids is 1. The maximum atomic E-state index is 12.9. The van der Waals surface area contributed by atoms with Crippen molar-refractivity contribution in [1.82, 2.24) is 4.90 Å². The molecule has 152 valence electrons. The Morgan fingerprint density at radius 3 is 2.81 bits per heavy atom. The average Bonchev–Trinajstić information content (AvgIpc) is 3.24. The maximum Gasteiger partial charge on any atom is 0.481 e. The molecule has 2 bridgehead atoms. The molecule has 27 heavy (non-hydrogen) atoms. The monoisotopic (exact) mass is 377 g/mol. The summed E-state index contributed by atoms with van der Waals surface area (Å²) in [5, 5.41) is 0. The highest BCUT2D eigenvalue weighted by Gasteiger charge is 2.67. The molecule has 5 aliphatic rings. The molecule has 2 heterocycles. The summed E-state index contributed by atoms with van der Waals surface area (Å²) in [6, 6.07) is -0.442. The molecule has 0 unspecified atom stereocenters. The minimum absolute atomic E-state index is 0.000737. The van der Waals surface area contributed by atoms with Gasteiger partial charge in [0.2, 0.25) is 5.91 Å². The topological polar surface area (TPSA) is 90.8 Å². The Morgan fingerprint density at radius 2 is 2.11 bits per heavy atom. The Bertz CT molecular complexity index is 589. The fourth-order valence-corrected chi connectivity index (χ4v) is 6.10. The van der Waals surface area contributed by atoms with E-state index >= 15 is 0 Å². The van der Waals surface area contributed by atoms with Gasteiger partial charge in [0.15, 0.2) is 0 Å². The lowest BCUT2D eigenvalue weighted by molar-refractivity contribution is -0.185. The fourth-order valence-electron chi connectivity index (χ4n) is 6.10. The second-order valence-electron chi connectivity index (χ2n) is 10.1. The number of likely N-dealkylation sites (tertiary alicyclic amines) is 1. The molecule has 4 N–H and O–H groups in total. The third kappa shape index (κ3) is 3.15. The predicted octanol–water partition coefficient (Wildman–Crippen LogP) is 1.70. The van der Waals surface area contributed by atoms with E-state index in [0.717, 1.165) is 44.6 Å². The van der Waals surface area contributed by atoms with Crippen molar-refractivity contribution in [2.45, 2.75) is 89.4 Å². The number of unbranched alkanes of at least 4 members (excludes halogenated alkanes) is 1. The predicted molar refractivity (Wildman–Crippen MR) is 106 cm³/mol. The fraction of sp³-hybridized carbons (Fsp3) is 0.950. The summed E-state index contributed by atoms with van der Waals surface area (Å²) < 4.78 is 13.0. The van der Waals surface area contributed by atoms with Crippen LogP contribution in [0.3, 0.4) is 0 Å². The molecule has 7 heteroatoms. The van der Waals surface area contributed by atoms with Gasteiger partial charge in [-0.15, -0.1) is 0 Å². The summed E-state index contributed by atoms with van der Waals surface area (Å²) in [5.41, 5.74) is 11.9. The first-order valence-corrected chi connectivity index (χ1v) is 10.9. The van der Waals surface area contributed by atoms with Crippen molar-refractivity contribution in [3.05, 3.63) is 0 Å². The zero-order chi connectivity index (χ0) is 19.4. The van der Waals surface area contributed by atoms with Gasteiger partial charge in [0.1, 0.15) is 0 Å². The Balaban J connectivity index is 1.42. The average molecular weight is 377 g/mol. The summed E-state index contributed by atoms with van der Waals surface area (Å²) in [5.74, 6) is 1.34. The maximum absolute atomic E-state index is 12.9. The zero-order valence-electron chi connectivity index (χ0n) is 17.2. The van der Waals surface area contributed by atoms with Gasteiger partial charge in [-0.2, -0.15) is 0 Å². The smallest absolute Gasteiger partial charge is 0.404 e. The Hall–Kier alpha value is -0.625. The van der Waals surface area contributed by atoms with Gasteiger partial charge in [0.25, 0.3) is 0 Å². The third-order valence-electron chi connectivity index (χ3n) is 8.01. The van der Waals surface area contributed by atoms with Crippen molar-refractivity contribution in [3.63, 3.8) is 0 Å². The number of carbonyl (C=O) groups is 1. The van der Waals surface area contributed by atoms with Crippen LogP contribution in [0.2, 0.25) is 0 Å². The zero-order valence-corrected chi connectivity index (χ0v) is 17.2. The molecule has 0 aromatic rings. The summed E-state index contributed by atoms with van der Waals surface area (Å²) in [4.78, 5) is 14.9. The largest absolute Gasteiger partial charge is 0.481 e.